The number of nitrogens with one attached hydrogen (secondary N) is 2. The second kappa shape index (κ2) is 15.8. The van der Waals surface area contributed by atoms with E-state index >= 15 is 0 Å². The SMILES string of the molecule is CCc1cncc(CNC[C@@H](O)[C@@H]2Cc3ccc(c(F)c3)OCCCCC(=O)N(C)[C@@H](CCSC)C(=O)N2)c1. The van der Waals surface area contributed by atoms with E-state index in [9.17, 15) is 19.1 Å². The fraction of sp³-hybridized carbons (Fsp3) is 0.552. The molecule has 0 unspecified atom stereocenters. The van der Waals surface area contributed by atoms with Crippen molar-refractivity contribution in [1.29, 1.82) is 0 Å². The number of halogens is 1. The number of carbonyl (C=O) groups excluding carboxylic acids is 2. The van der Waals surface area contributed by atoms with E-state index in [0.29, 0.717) is 43.7 Å². The largest absolute Gasteiger partial charge is 0.491 e. The molecule has 0 spiro atoms. The van der Waals surface area contributed by atoms with Gasteiger partial charge in [-0.15, -0.1) is 0 Å². The maximum atomic E-state index is 14.8. The Labute approximate surface area is 235 Å². The van der Waals surface area contributed by atoms with E-state index in [0.717, 1.165) is 17.5 Å². The zero-order chi connectivity index (χ0) is 28.2. The summed E-state index contributed by atoms with van der Waals surface area (Å²) in [5, 5.41) is 17.4. The van der Waals surface area contributed by atoms with Crippen LogP contribution in [-0.2, 0) is 29.0 Å². The predicted octanol–water partition coefficient (Wildman–Crippen LogP) is 3.10. The Morgan fingerprint density at radius 2 is 2.05 bits per heavy atom. The summed E-state index contributed by atoms with van der Waals surface area (Å²) in [5.41, 5.74) is 2.75. The highest BCUT2D eigenvalue weighted by Crippen LogP contribution is 2.21. The first-order valence-electron chi connectivity index (χ1n) is 13.6. The maximum Gasteiger partial charge on any atom is 0.243 e. The summed E-state index contributed by atoms with van der Waals surface area (Å²) in [5.74, 6) is -0.0854. The van der Waals surface area contributed by atoms with E-state index in [1.807, 2.05) is 12.5 Å². The van der Waals surface area contributed by atoms with Crippen molar-refractivity contribution in [3.63, 3.8) is 0 Å². The number of thioether (sulfide) groups is 1. The Balaban J connectivity index is 1.80. The lowest BCUT2D eigenvalue weighted by molar-refractivity contribution is -0.139. The van der Waals surface area contributed by atoms with Crippen LogP contribution < -0.4 is 15.4 Å². The molecule has 8 nitrogen and oxygen atoms in total. The van der Waals surface area contributed by atoms with E-state index in [2.05, 4.69) is 28.6 Å². The molecule has 214 valence electrons. The van der Waals surface area contributed by atoms with E-state index in [1.165, 1.54) is 11.0 Å². The van der Waals surface area contributed by atoms with Gasteiger partial charge in [0, 0.05) is 39.0 Å². The van der Waals surface area contributed by atoms with Gasteiger partial charge in [-0.05, 0) is 72.9 Å². The second-order valence-corrected chi connectivity index (χ2v) is 10.9. The molecule has 2 aromatic rings. The highest BCUT2D eigenvalue weighted by molar-refractivity contribution is 7.98. The van der Waals surface area contributed by atoms with E-state index in [4.69, 9.17) is 4.74 Å². The van der Waals surface area contributed by atoms with E-state index in [-0.39, 0.29) is 37.0 Å². The summed E-state index contributed by atoms with van der Waals surface area (Å²) in [7, 11) is 1.66. The number of aromatic nitrogens is 1. The number of pyridine rings is 1. The molecule has 10 heteroatoms. The van der Waals surface area contributed by atoms with Crippen LogP contribution in [0.15, 0.2) is 36.7 Å². The van der Waals surface area contributed by atoms with Crippen molar-refractivity contribution in [2.75, 3.05) is 32.2 Å². The minimum atomic E-state index is -0.962. The lowest BCUT2D eigenvalue weighted by Gasteiger charge is -2.31. The number of amides is 2. The molecular weight excluding hydrogens is 519 g/mol. The van der Waals surface area contributed by atoms with Gasteiger partial charge >= 0.3 is 0 Å². The van der Waals surface area contributed by atoms with E-state index < -0.39 is 24.0 Å². The van der Waals surface area contributed by atoms with Gasteiger partial charge in [-0.3, -0.25) is 14.6 Å². The number of rotatable bonds is 9. The molecule has 2 bridgehead atoms. The number of aliphatic hydroxyl groups is 1. The fourth-order valence-corrected chi connectivity index (χ4v) is 5.04. The molecule has 0 fully saturated rings. The summed E-state index contributed by atoms with van der Waals surface area (Å²) in [6.07, 6.45) is 7.63. The van der Waals surface area contributed by atoms with Gasteiger partial charge in [0.25, 0.3) is 0 Å². The molecule has 0 saturated heterocycles. The predicted molar refractivity (Wildman–Crippen MR) is 152 cm³/mol. The standard InChI is InChI=1S/C29H41FN4O4S/c1-4-20-13-22(17-31-16-20)18-32-19-26(35)24-15-21-8-9-27(23(30)14-21)38-11-6-5-7-28(36)34(2)25(10-12-39-3)29(37)33-24/h8-9,13-14,16-17,24-26,32,35H,4-7,10-12,15,18-19H2,1-3H3,(H,33,37)/t24-,25-,26+/m0/s1. The molecule has 2 aliphatic rings. The van der Waals surface area contributed by atoms with Crippen molar-refractivity contribution < 1.29 is 23.8 Å². The summed E-state index contributed by atoms with van der Waals surface area (Å²) in [6.45, 7) is 3.08. The number of aliphatic hydroxyl groups excluding tert-OH is 1. The Bertz CT molecular complexity index is 1090. The van der Waals surface area contributed by atoms with Crippen LogP contribution in [0.3, 0.4) is 0 Å². The molecule has 1 aromatic carbocycles. The number of benzene rings is 1. The quantitative estimate of drug-likeness (QED) is 0.433. The lowest BCUT2D eigenvalue weighted by Crippen LogP contribution is -2.55. The molecule has 0 aliphatic carbocycles. The van der Waals surface area contributed by atoms with Crippen molar-refractivity contribution in [2.45, 2.75) is 70.2 Å². The molecule has 4 rings (SSSR count). The summed E-state index contributed by atoms with van der Waals surface area (Å²) < 4.78 is 20.4. The van der Waals surface area contributed by atoms with Crippen LogP contribution in [-0.4, -0.2) is 77.2 Å². The molecule has 0 radical (unpaired) electrons. The fourth-order valence-electron chi connectivity index (χ4n) is 4.58. The van der Waals surface area contributed by atoms with Gasteiger partial charge in [-0.2, -0.15) is 11.8 Å². The molecular formula is C29H41FN4O4S. The topological polar surface area (TPSA) is 104 Å². The van der Waals surface area contributed by atoms with Crippen LogP contribution in [0.25, 0.3) is 0 Å². The number of hydrogen-bond acceptors (Lipinski definition) is 7. The van der Waals surface area contributed by atoms with Crippen LogP contribution in [0.4, 0.5) is 4.39 Å². The van der Waals surface area contributed by atoms with E-state index in [1.54, 1.807) is 37.1 Å². The van der Waals surface area contributed by atoms with Crippen molar-refractivity contribution in [3.05, 3.63) is 59.2 Å². The molecule has 3 heterocycles. The molecule has 2 aliphatic heterocycles. The van der Waals surface area contributed by atoms with Gasteiger partial charge in [0.15, 0.2) is 11.6 Å². The number of likely N-dealkylation sites (N-methyl/N-ethyl adjacent to an activating group) is 1. The van der Waals surface area contributed by atoms with Gasteiger partial charge in [-0.1, -0.05) is 19.1 Å². The van der Waals surface area contributed by atoms with Crippen LogP contribution in [0.1, 0.15) is 49.3 Å². The van der Waals surface area contributed by atoms with Crippen LogP contribution in [0, 0.1) is 5.82 Å². The van der Waals surface area contributed by atoms with Gasteiger partial charge in [-0.25, -0.2) is 4.39 Å². The molecule has 39 heavy (non-hydrogen) atoms. The van der Waals surface area contributed by atoms with Crippen molar-refractivity contribution in [3.8, 4) is 5.75 Å². The highest BCUT2D eigenvalue weighted by atomic mass is 32.2. The van der Waals surface area contributed by atoms with Gasteiger partial charge in [0.05, 0.1) is 18.8 Å². The lowest BCUT2D eigenvalue weighted by atomic mass is 9.99. The number of hydrogen-bond donors (Lipinski definition) is 3. The third-order valence-electron chi connectivity index (χ3n) is 6.99. The number of ether oxygens (including phenoxy) is 1. The third-order valence-corrected chi connectivity index (χ3v) is 7.63. The Hall–Kier alpha value is -2.69. The van der Waals surface area contributed by atoms with Crippen molar-refractivity contribution in [1.82, 2.24) is 20.5 Å². The average molecular weight is 561 g/mol. The number of nitrogens with zero attached hydrogens (tertiary/aromatic N) is 2. The average Bonchev–Trinajstić information content (AvgIpc) is 2.93. The smallest absolute Gasteiger partial charge is 0.243 e. The van der Waals surface area contributed by atoms with Crippen molar-refractivity contribution >= 4 is 23.6 Å². The first kappa shape index (κ1) is 30.8. The number of fused-ring (bicyclic) bond motifs is 13. The van der Waals surface area contributed by atoms with Crippen molar-refractivity contribution in [2.24, 2.45) is 0 Å². The highest BCUT2D eigenvalue weighted by Gasteiger charge is 2.30. The van der Waals surface area contributed by atoms with Crippen LogP contribution >= 0.6 is 11.8 Å². The number of carbonyl (C=O) groups is 2. The Morgan fingerprint density at radius 3 is 2.79 bits per heavy atom. The molecule has 1 aromatic heterocycles. The number of aryl methyl sites for hydroxylation is 1. The minimum Gasteiger partial charge on any atom is -0.491 e. The molecule has 3 N–H and O–H groups in total. The monoisotopic (exact) mass is 560 g/mol. The van der Waals surface area contributed by atoms with Gasteiger partial charge in [0.2, 0.25) is 11.8 Å². The van der Waals surface area contributed by atoms with Gasteiger partial charge in [0.1, 0.15) is 6.04 Å². The zero-order valence-corrected chi connectivity index (χ0v) is 23.9. The Morgan fingerprint density at radius 1 is 1.26 bits per heavy atom. The minimum absolute atomic E-state index is 0.125. The summed E-state index contributed by atoms with van der Waals surface area (Å²) in [6, 6.07) is 5.42. The zero-order valence-electron chi connectivity index (χ0n) is 23.1. The third kappa shape index (κ3) is 9.47. The Kier molecular flexibility index (Phi) is 12.5. The van der Waals surface area contributed by atoms with Crippen LogP contribution in [0.5, 0.6) is 5.75 Å². The molecule has 3 atom stereocenters. The second-order valence-electron chi connectivity index (χ2n) is 9.94. The normalized spacial score (nSPS) is 20.0. The first-order valence-corrected chi connectivity index (χ1v) is 15.0. The summed E-state index contributed by atoms with van der Waals surface area (Å²) >= 11 is 1.60. The molecule has 2 amide bonds. The molecule has 0 saturated carbocycles. The van der Waals surface area contributed by atoms with Gasteiger partial charge < -0.3 is 25.4 Å². The first-order chi connectivity index (χ1) is 18.8. The van der Waals surface area contributed by atoms with Crippen LogP contribution in [0.2, 0.25) is 0 Å². The summed E-state index contributed by atoms with van der Waals surface area (Å²) in [4.78, 5) is 32.2. The maximum absolute atomic E-state index is 14.8.